The summed E-state index contributed by atoms with van der Waals surface area (Å²) < 4.78 is 7.16. The van der Waals surface area contributed by atoms with Crippen LogP contribution in [0.5, 0.6) is 0 Å². The van der Waals surface area contributed by atoms with Crippen LogP contribution in [0.1, 0.15) is 42.6 Å². The molecule has 0 radical (unpaired) electrons. The third-order valence-corrected chi connectivity index (χ3v) is 5.79. The Bertz CT molecular complexity index is 749. The Balaban J connectivity index is 1.43. The number of ether oxygens (including phenoxy) is 1. The minimum absolute atomic E-state index is 0.0487. The Labute approximate surface area is 159 Å². The van der Waals surface area contributed by atoms with Gasteiger partial charge in [0.15, 0.2) is 5.69 Å². The van der Waals surface area contributed by atoms with Crippen molar-refractivity contribution in [3.05, 3.63) is 42.2 Å². The van der Waals surface area contributed by atoms with Crippen LogP contribution in [0.25, 0.3) is 5.69 Å². The SMILES string of the molecule is O=C(NCC1(N2CCOCC2)CCCCC1)c1cn(-c2ccccc2)nn1. The highest BCUT2D eigenvalue weighted by Gasteiger charge is 2.39. The number of nitrogens with zero attached hydrogens (tertiary/aromatic N) is 4. The summed E-state index contributed by atoms with van der Waals surface area (Å²) in [5.74, 6) is -0.157. The second-order valence-corrected chi connectivity index (χ2v) is 7.45. The van der Waals surface area contributed by atoms with E-state index in [0.717, 1.165) is 44.8 Å². The summed E-state index contributed by atoms with van der Waals surface area (Å²) in [6.45, 7) is 4.10. The van der Waals surface area contributed by atoms with Gasteiger partial charge < -0.3 is 10.1 Å². The zero-order chi connectivity index (χ0) is 18.5. The van der Waals surface area contributed by atoms with E-state index in [4.69, 9.17) is 4.74 Å². The average Bonchev–Trinajstić information content (AvgIpc) is 3.24. The van der Waals surface area contributed by atoms with E-state index in [2.05, 4.69) is 20.5 Å². The lowest BCUT2D eigenvalue weighted by Crippen LogP contribution is -2.59. The molecule has 144 valence electrons. The predicted molar refractivity (Wildman–Crippen MR) is 102 cm³/mol. The Kier molecular flexibility index (Phi) is 5.50. The molecule has 4 rings (SSSR count). The molecule has 1 aliphatic carbocycles. The number of morpholine rings is 1. The van der Waals surface area contributed by atoms with Crippen molar-refractivity contribution < 1.29 is 9.53 Å². The van der Waals surface area contributed by atoms with Crippen LogP contribution < -0.4 is 5.32 Å². The first kappa shape index (κ1) is 18.1. The zero-order valence-electron chi connectivity index (χ0n) is 15.6. The monoisotopic (exact) mass is 369 g/mol. The fourth-order valence-electron chi connectivity index (χ4n) is 4.26. The molecule has 1 N–H and O–H groups in total. The van der Waals surface area contributed by atoms with Crippen LogP contribution in [0.2, 0.25) is 0 Å². The van der Waals surface area contributed by atoms with Crippen molar-refractivity contribution >= 4 is 5.91 Å². The maximum atomic E-state index is 12.7. The molecule has 1 aromatic heterocycles. The van der Waals surface area contributed by atoms with Gasteiger partial charge in [-0.05, 0) is 25.0 Å². The minimum Gasteiger partial charge on any atom is -0.379 e. The van der Waals surface area contributed by atoms with Gasteiger partial charge in [0.05, 0.1) is 25.1 Å². The van der Waals surface area contributed by atoms with Gasteiger partial charge in [-0.3, -0.25) is 9.69 Å². The van der Waals surface area contributed by atoms with Gasteiger partial charge in [-0.15, -0.1) is 5.10 Å². The van der Waals surface area contributed by atoms with Gasteiger partial charge in [-0.1, -0.05) is 42.7 Å². The molecule has 2 fully saturated rings. The normalized spacial score (nSPS) is 20.3. The zero-order valence-corrected chi connectivity index (χ0v) is 15.6. The first-order valence-corrected chi connectivity index (χ1v) is 9.86. The van der Waals surface area contributed by atoms with Crippen molar-refractivity contribution in [1.29, 1.82) is 0 Å². The number of carbonyl (C=O) groups excluding carboxylic acids is 1. The Morgan fingerprint density at radius 3 is 2.59 bits per heavy atom. The maximum Gasteiger partial charge on any atom is 0.273 e. The molecular weight excluding hydrogens is 342 g/mol. The van der Waals surface area contributed by atoms with Crippen molar-refractivity contribution in [3.8, 4) is 5.69 Å². The van der Waals surface area contributed by atoms with Crippen molar-refractivity contribution in [3.63, 3.8) is 0 Å². The molecule has 7 nitrogen and oxygen atoms in total. The van der Waals surface area contributed by atoms with Crippen molar-refractivity contribution in [1.82, 2.24) is 25.2 Å². The number of carbonyl (C=O) groups is 1. The summed E-state index contributed by atoms with van der Waals surface area (Å²) in [5, 5.41) is 11.3. The van der Waals surface area contributed by atoms with Crippen LogP contribution in [0.15, 0.2) is 36.5 Å². The number of amides is 1. The number of aromatic nitrogens is 3. The summed E-state index contributed by atoms with van der Waals surface area (Å²) in [6, 6.07) is 9.69. The van der Waals surface area contributed by atoms with Crippen LogP contribution in [-0.2, 0) is 4.74 Å². The fraction of sp³-hybridized carbons (Fsp3) is 0.550. The third kappa shape index (κ3) is 4.04. The summed E-state index contributed by atoms with van der Waals surface area (Å²) in [7, 11) is 0. The minimum atomic E-state index is -0.157. The highest BCUT2D eigenvalue weighted by atomic mass is 16.5. The first-order valence-electron chi connectivity index (χ1n) is 9.86. The maximum absolute atomic E-state index is 12.7. The Morgan fingerprint density at radius 1 is 1.11 bits per heavy atom. The summed E-state index contributed by atoms with van der Waals surface area (Å²) in [6.07, 6.45) is 7.67. The van der Waals surface area contributed by atoms with E-state index in [9.17, 15) is 4.79 Å². The van der Waals surface area contributed by atoms with Gasteiger partial charge in [0.1, 0.15) is 0 Å². The molecule has 2 heterocycles. The number of hydrogen-bond acceptors (Lipinski definition) is 5. The van der Waals surface area contributed by atoms with Crippen molar-refractivity contribution in [2.24, 2.45) is 0 Å². The molecule has 0 bridgehead atoms. The third-order valence-electron chi connectivity index (χ3n) is 5.79. The molecule has 0 spiro atoms. The van der Waals surface area contributed by atoms with E-state index >= 15 is 0 Å². The number of benzene rings is 1. The predicted octanol–water partition coefficient (Wildman–Crippen LogP) is 2.03. The van der Waals surface area contributed by atoms with Crippen LogP contribution in [0, 0.1) is 0 Å². The first-order chi connectivity index (χ1) is 13.3. The van der Waals surface area contributed by atoms with Crippen molar-refractivity contribution in [2.75, 3.05) is 32.8 Å². The average molecular weight is 369 g/mol. The van der Waals surface area contributed by atoms with E-state index in [1.807, 2.05) is 30.3 Å². The molecule has 1 aliphatic heterocycles. The number of para-hydroxylation sites is 1. The van der Waals surface area contributed by atoms with Gasteiger partial charge in [0.25, 0.3) is 5.91 Å². The number of rotatable bonds is 5. The molecule has 1 saturated heterocycles. The van der Waals surface area contributed by atoms with E-state index < -0.39 is 0 Å². The largest absolute Gasteiger partial charge is 0.379 e. The summed E-state index contributed by atoms with van der Waals surface area (Å²) >= 11 is 0. The van der Waals surface area contributed by atoms with E-state index in [-0.39, 0.29) is 11.4 Å². The molecule has 0 atom stereocenters. The second-order valence-electron chi connectivity index (χ2n) is 7.45. The molecule has 27 heavy (non-hydrogen) atoms. The molecule has 2 aliphatic rings. The highest BCUT2D eigenvalue weighted by Crippen LogP contribution is 2.33. The lowest BCUT2D eigenvalue weighted by Gasteiger charge is -2.48. The number of hydrogen-bond donors (Lipinski definition) is 1. The lowest BCUT2D eigenvalue weighted by atomic mass is 9.79. The van der Waals surface area contributed by atoms with Gasteiger partial charge in [0, 0.05) is 25.2 Å². The van der Waals surface area contributed by atoms with Gasteiger partial charge in [0.2, 0.25) is 0 Å². The summed E-state index contributed by atoms with van der Waals surface area (Å²) in [5.41, 5.74) is 1.29. The molecular formula is C20H27N5O2. The van der Waals surface area contributed by atoms with Crippen LogP contribution in [0.3, 0.4) is 0 Å². The van der Waals surface area contributed by atoms with Crippen molar-refractivity contribution in [2.45, 2.75) is 37.6 Å². The molecule has 1 aromatic carbocycles. The topological polar surface area (TPSA) is 72.3 Å². The van der Waals surface area contributed by atoms with Gasteiger partial charge in [-0.25, -0.2) is 4.68 Å². The molecule has 1 amide bonds. The Morgan fingerprint density at radius 2 is 1.85 bits per heavy atom. The van der Waals surface area contributed by atoms with Crippen LogP contribution >= 0.6 is 0 Å². The van der Waals surface area contributed by atoms with Crippen LogP contribution in [-0.4, -0.2) is 64.2 Å². The van der Waals surface area contributed by atoms with Gasteiger partial charge in [-0.2, -0.15) is 0 Å². The fourth-order valence-corrected chi connectivity index (χ4v) is 4.26. The lowest BCUT2D eigenvalue weighted by molar-refractivity contribution is -0.0361. The van der Waals surface area contributed by atoms with E-state index in [1.54, 1.807) is 10.9 Å². The quantitative estimate of drug-likeness (QED) is 0.873. The second kappa shape index (κ2) is 8.19. The van der Waals surface area contributed by atoms with Crippen LogP contribution in [0.4, 0.5) is 0 Å². The van der Waals surface area contributed by atoms with Gasteiger partial charge >= 0.3 is 0 Å². The molecule has 1 saturated carbocycles. The molecule has 7 heteroatoms. The van der Waals surface area contributed by atoms with E-state index in [1.165, 1.54) is 19.3 Å². The number of nitrogens with one attached hydrogen (secondary N) is 1. The molecule has 0 unspecified atom stereocenters. The summed E-state index contributed by atoms with van der Waals surface area (Å²) in [4.78, 5) is 15.2. The standard InChI is InChI=1S/C20H27N5O2/c26-19(18-15-25(23-22-18)17-7-3-1-4-8-17)21-16-20(9-5-2-6-10-20)24-11-13-27-14-12-24/h1,3-4,7-8,15H,2,5-6,9-14,16H2,(H,21,26). The smallest absolute Gasteiger partial charge is 0.273 e. The van der Waals surface area contributed by atoms with E-state index in [0.29, 0.717) is 12.2 Å². The Hall–Kier alpha value is -2.25. The highest BCUT2D eigenvalue weighted by molar-refractivity contribution is 5.92. The molecule has 2 aromatic rings.